The molecule has 2 heterocycles. The summed E-state index contributed by atoms with van der Waals surface area (Å²) in [6, 6.07) is 4.49. The number of amides is 2. The fourth-order valence-electron chi connectivity index (χ4n) is 2.80. The molecule has 0 aliphatic carbocycles. The van der Waals surface area contributed by atoms with Crippen molar-refractivity contribution in [3.63, 3.8) is 0 Å². The number of benzene rings is 1. The van der Waals surface area contributed by atoms with Gasteiger partial charge in [-0.1, -0.05) is 22.3 Å². The molecule has 0 bridgehead atoms. The molecule has 1 fully saturated rings. The number of hydroxylamine groups is 2. The maximum absolute atomic E-state index is 12.2. The lowest BCUT2D eigenvalue weighted by atomic mass is 10.0. The minimum absolute atomic E-state index is 0.0323. The number of hydrogen-bond acceptors (Lipinski definition) is 10. The highest BCUT2D eigenvalue weighted by molar-refractivity contribution is 6.01. The molecule has 1 saturated heterocycles. The van der Waals surface area contributed by atoms with Crippen LogP contribution in [0.1, 0.15) is 24.0 Å². The van der Waals surface area contributed by atoms with Gasteiger partial charge in [-0.25, -0.2) is 9.59 Å². The molecule has 13 heteroatoms. The zero-order valence-electron chi connectivity index (χ0n) is 16.0. The first-order valence-corrected chi connectivity index (χ1v) is 8.77. The van der Waals surface area contributed by atoms with Crippen LogP contribution in [0.5, 0.6) is 0 Å². The van der Waals surface area contributed by atoms with Gasteiger partial charge in [0.25, 0.3) is 11.8 Å². The Hall–Kier alpha value is -4.38. The maximum atomic E-state index is 12.2. The molecule has 31 heavy (non-hydrogen) atoms. The number of ether oxygens (including phenoxy) is 2. The Labute approximate surface area is 172 Å². The standard InChI is InChI=1S/C18H14N4O9/c1-9-11-3-2-10(20-21-19)6-13(11)30-17(26)12(9)7-16(25)28-8-29-18(27)31-22-14(23)4-5-15(22)24/h2-3,6H,4-5,7-8H2,1H3. The van der Waals surface area contributed by atoms with Crippen LogP contribution in [0.3, 0.4) is 0 Å². The van der Waals surface area contributed by atoms with E-state index in [-0.39, 0.29) is 34.7 Å². The third-order valence-electron chi connectivity index (χ3n) is 4.32. The Kier molecular flexibility index (Phi) is 6.17. The summed E-state index contributed by atoms with van der Waals surface area (Å²) in [5, 5.41) is 4.23. The van der Waals surface area contributed by atoms with Crippen LogP contribution < -0.4 is 5.63 Å². The van der Waals surface area contributed by atoms with E-state index in [1.165, 1.54) is 12.1 Å². The molecule has 0 saturated carbocycles. The van der Waals surface area contributed by atoms with Crippen LogP contribution in [0, 0.1) is 6.92 Å². The van der Waals surface area contributed by atoms with Crippen LogP contribution in [-0.2, 0) is 35.1 Å². The third kappa shape index (κ3) is 4.79. The first kappa shape index (κ1) is 21.3. The number of nitrogens with zero attached hydrogens (tertiary/aromatic N) is 4. The lowest BCUT2D eigenvalue weighted by molar-refractivity contribution is -0.182. The Balaban J connectivity index is 1.60. The number of esters is 1. The average molecular weight is 430 g/mol. The molecule has 160 valence electrons. The van der Waals surface area contributed by atoms with Gasteiger partial charge < -0.3 is 13.9 Å². The van der Waals surface area contributed by atoms with Crippen molar-refractivity contribution < 1.29 is 37.9 Å². The van der Waals surface area contributed by atoms with E-state index in [1.54, 1.807) is 13.0 Å². The molecule has 3 rings (SSSR count). The predicted molar refractivity (Wildman–Crippen MR) is 99.3 cm³/mol. The Morgan fingerprint density at radius 1 is 1.19 bits per heavy atom. The molecule has 1 aromatic carbocycles. The second kappa shape index (κ2) is 8.97. The SMILES string of the molecule is Cc1c(CC(=O)OCOC(=O)ON2C(=O)CCC2=O)c(=O)oc2cc(N=[N+]=[N-])ccc12. The fraction of sp³-hybridized carbons (Fsp3) is 0.278. The molecular weight excluding hydrogens is 416 g/mol. The number of carbonyl (C=O) groups is 4. The van der Waals surface area contributed by atoms with E-state index < -0.39 is 42.8 Å². The molecule has 0 atom stereocenters. The van der Waals surface area contributed by atoms with Gasteiger partial charge in [0, 0.05) is 28.8 Å². The molecule has 13 nitrogen and oxygen atoms in total. The molecular formula is C18H14N4O9. The first-order chi connectivity index (χ1) is 14.8. The van der Waals surface area contributed by atoms with Crippen molar-refractivity contribution in [1.29, 1.82) is 0 Å². The zero-order chi connectivity index (χ0) is 22.5. The monoisotopic (exact) mass is 430 g/mol. The van der Waals surface area contributed by atoms with Gasteiger partial charge in [-0.15, -0.1) is 0 Å². The van der Waals surface area contributed by atoms with E-state index in [1.807, 2.05) is 0 Å². The van der Waals surface area contributed by atoms with E-state index in [0.29, 0.717) is 10.9 Å². The normalized spacial score (nSPS) is 13.1. The van der Waals surface area contributed by atoms with Crippen molar-refractivity contribution in [3.05, 3.63) is 50.2 Å². The highest BCUT2D eigenvalue weighted by Crippen LogP contribution is 2.24. The maximum Gasteiger partial charge on any atom is 0.536 e. The lowest BCUT2D eigenvalue weighted by Gasteiger charge is -2.12. The van der Waals surface area contributed by atoms with Crippen LogP contribution >= 0.6 is 0 Å². The van der Waals surface area contributed by atoms with Crippen molar-refractivity contribution in [3.8, 4) is 0 Å². The third-order valence-corrected chi connectivity index (χ3v) is 4.32. The first-order valence-electron chi connectivity index (χ1n) is 8.77. The van der Waals surface area contributed by atoms with E-state index in [0.717, 1.165) is 0 Å². The summed E-state index contributed by atoms with van der Waals surface area (Å²) in [5.74, 6) is -2.28. The van der Waals surface area contributed by atoms with Crippen molar-refractivity contribution in [1.82, 2.24) is 5.06 Å². The summed E-state index contributed by atoms with van der Waals surface area (Å²) in [5.41, 5.74) is 8.63. The van der Waals surface area contributed by atoms with Crippen molar-refractivity contribution in [2.24, 2.45) is 5.11 Å². The number of aryl methyl sites for hydroxylation is 1. The number of rotatable bonds is 6. The number of imide groups is 1. The van der Waals surface area contributed by atoms with Gasteiger partial charge in [-0.05, 0) is 24.1 Å². The number of hydrogen-bond donors (Lipinski definition) is 0. The Morgan fingerprint density at radius 3 is 2.58 bits per heavy atom. The minimum atomic E-state index is -1.41. The van der Waals surface area contributed by atoms with Gasteiger partial charge in [0.1, 0.15) is 5.58 Å². The number of azide groups is 1. The summed E-state index contributed by atoms with van der Waals surface area (Å²) in [6.45, 7) is 0.744. The summed E-state index contributed by atoms with van der Waals surface area (Å²) < 4.78 is 14.4. The minimum Gasteiger partial charge on any atom is -0.427 e. The van der Waals surface area contributed by atoms with E-state index in [2.05, 4.69) is 19.6 Å². The van der Waals surface area contributed by atoms with Crippen LogP contribution in [0.15, 0.2) is 32.5 Å². The predicted octanol–water partition coefficient (Wildman–Crippen LogP) is 2.30. The van der Waals surface area contributed by atoms with Gasteiger partial charge in [0.15, 0.2) is 0 Å². The van der Waals surface area contributed by atoms with Gasteiger partial charge >= 0.3 is 17.8 Å². The largest absolute Gasteiger partial charge is 0.536 e. The quantitative estimate of drug-likeness (QED) is 0.126. The molecule has 0 N–H and O–H groups in total. The van der Waals surface area contributed by atoms with Gasteiger partial charge in [0.05, 0.1) is 12.0 Å². The van der Waals surface area contributed by atoms with Crippen LogP contribution in [0.2, 0.25) is 0 Å². The molecule has 1 aliphatic heterocycles. The lowest BCUT2D eigenvalue weighted by Crippen LogP contribution is -2.32. The number of carbonyl (C=O) groups excluding carboxylic acids is 4. The second-order valence-electron chi connectivity index (χ2n) is 6.24. The van der Waals surface area contributed by atoms with Crippen molar-refractivity contribution >= 4 is 40.6 Å². The molecule has 0 radical (unpaired) electrons. The number of fused-ring (bicyclic) bond motifs is 1. The van der Waals surface area contributed by atoms with Crippen LogP contribution in [0.25, 0.3) is 21.4 Å². The van der Waals surface area contributed by atoms with E-state index in [4.69, 9.17) is 14.7 Å². The second-order valence-corrected chi connectivity index (χ2v) is 6.24. The van der Waals surface area contributed by atoms with Crippen LogP contribution in [-0.4, -0.2) is 35.8 Å². The molecule has 1 aromatic heterocycles. The topological polar surface area (TPSA) is 178 Å². The highest BCUT2D eigenvalue weighted by Gasteiger charge is 2.33. The van der Waals surface area contributed by atoms with Gasteiger partial charge in [0.2, 0.25) is 6.79 Å². The van der Waals surface area contributed by atoms with Gasteiger partial charge in [-0.2, -0.15) is 0 Å². The highest BCUT2D eigenvalue weighted by atomic mass is 16.9. The summed E-state index contributed by atoms with van der Waals surface area (Å²) in [7, 11) is 0. The molecule has 0 unspecified atom stereocenters. The van der Waals surface area contributed by atoms with Gasteiger partial charge in [-0.3, -0.25) is 19.2 Å². The summed E-state index contributed by atoms with van der Waals surface area (Å²) in [6.07, 6.45) is -2.04. The molecule has 2 aromatic rings. The van der Waals surface area contributed by atoms with E-state index in [9.17, 15) is 24.0 Å². The molecule has 2 amide bonds. The fourth-order valence-corrected chi connectivity index (χ4v) is 2.80. The smallest absolute Gasteiger partial charge is 0.427 e. The zero-order valence-corrected chi connectivity index (χ0v) is 16.0. The van der Waals surface area contributed by atoms with Crippen LogP contribution in [0.4, 0.5) is 10.5 Å². The van der Waals surface area contributed by atoms with E-state index >= 15 is 0 Å². The summed E-state index contributed by atoms with van der Waals surface area (Å²) >= 11 is 0. The molecule has 1 aliphatic rings. The average Bonchev–Trinajstić information content (AvgIpc) is 3.03. The van der Waals surface area contributed by atoms with Crippen molar-refractivity contribution in [2.75, 3.05) is 6.79 Å². The summed E-state index contributed by atoms with van der Waals surface area (Å²) in [4.78, 5) is 65.5. The molecule has 0 spiro atoms. The Bertz CT molecular complexity index is 1180. The Morgan fingerprint density at radius 2 is 1.90 bits per heavy atom. The van der Waals surface area contributed by atoms with Crippen molar-refractivity contribution in [2.45, 2.75) is 26.2 Å².